The van der Waals surface area contributed by atoms with E-state index >= 15 is 0 Å². The van der Waals surface area contributed by atoms with Crippen LogP contribution in [0.15, 0.2) is 72.9 Å². The monoisotopic (exact) mass is 959 g/mol. The van der Waals surface area contributed by atoms with Crippen molar-refractivity contribution in [3.05, 3.63) is 72.9 Å². The van der Waals surface area contributed by atoms with Crippen LogP contribution in [0, 0.1) is 0 Å². The number of nitrogens with zero attached hydrogens (tertiary/aromatic N) is 1. The molecule has 1 amide bonds. The molecule has 388 valence electrons. The number of carbonyl (C=O) groups excluding carboxylic acids is 2. The molecule has 0 aliphatic rings. The van der Waals surface area contributed by atoms with Gasteiger partial charge in [-0.15, -0.1) is 0 Å². The summed E-state index contributed by atoms with van der Waals surface area (Å²) in [7, 11) is 1.14. The van der Waals surface area contributed by atoms with Crippen molar-refractivity contribution in [3.8, 4) is 0 Å². The third-order valence-electron chi connectivity index (χ3n) is 11.7. The Morgan fingerprint density at radius 2 is 0.970 bits per heavy atom. The number of hydrogen-bond acceptors (Lipinski definition) is 7. The van der Waals surface area contributed by atoms with Gasteiger partial charge in [0.05, 0.1) is 33.8 Å². The van der Waals surface area contributed by atoms with E-state index in [1.54, 1.807) is 0 Å². The molecule has 0 heterocycles. The second kappa shape index (κ2) is 47.1. The topological polar surface area (TPSA) is 114 Å². The second-order valence-electron chi connectivity index (χ2n) is 19.4. The quantitative estimate of drug-likeness (QED) is 0.0212. The summed E-state index contributed by atoms with van der Waals surface area (Å²) in [4.78, 5) is 39.7. The van der Waals surface area contributed by atoms with Crippen molar-refractivity contribution < 1.29 is 37.3 Å². The van der Waals surface area contributed by atoms with Gasteiger partial charge >= 0.3 is 5.97 Å². The van der Waals surface area contributed by atoms with Gasteiger partial charge in [0, 0.05) is 12.8 Å². The zero-order valence-corrected chi connectivity index (χ0v) is 45.0. The van der Waals surface area contributed by atoms with E-state index in [9.17, 15) is 19.0 Å². The van der Waals surface area contributed by atoms with E-state index < -0.39 is 26.6 Å². The van der Waals surface area contributed by atoms with Crippen LogP contribution in [0.2, 0.25) is 0 Å². The van der Waals surface area contributed by atoms with Gasteiger partial charge in [-0.25, -0.2) is 0 Å². The lowest BCUT2D eigenvalue weighted by atomic mass is 10.0. The third kappa shape index (κ3) is 48.3. The number of allylic oxidation sites excluding steroid dienone is 11. The van der Waals surface area contributed by atoms with Crippen LogP contribution < -0.4 is 10.2 Å². The van der Waals surface area contributed by atoms with E-state index in [4.69, 9.17) is 13.8 Å². The fourth-order valence-corrected chi connectivity index (χ4v) is 8.16. The minimum atomic E-state index is -4.71. The average molecular weight is 959 g/mol. The normalized spacial score (nSPS) is 14.4. The van der Waals surface area contributed by atoms with Gasteiger partial charge in [-0.2, -0.15) is 0 Å². The van der Waals surface area contributed by atoms with Gasteiger partial charge in [0.2, 0.25) is 5.91 Å². The number of hydrogen-bond donors (Lipinski definition) is 1. The predicted molar refractivity (Wildman–Crippen MR) is 284 cm³/mol. The lowest BCUT2D eigenvalue weighted by Crippen LogP contribution is -2.47. The number of amides is 1. The van der Waals surface area contributed by atoms with Crippen molar-refractivity contribution in [1.29, 1.82) is 0 Å². The Hall–Kier alpha value is -2.55. The Bertz CT molecular complexity index is 1380. The summed E-state index contributed by atoms with van der Waals surface area (Å²) < 4.78 is 30.1. The molecule has 0 aromatic carbocycles. The highest BCUT2D eigenvalue weighted by Gasteiger charge is 2.27. The van der Waals surface area contributed by atoms with Crippen molar-refractivity contribution >= 4 is 19.7 Å². The van der Waals surface area contributed by atoms with Crippen molar-refractivity contribution in [3.63, 3.8) is 0 Å². The molecule has 0 saturated carbocycles. The minimum absolute atomic E-state index is 0.0344. The van der Waals surface area contributed by atoms with Crippen LogP contribution in [0.4, 0.5) is 0 Å². The SMILES string of the molecule is CC/C=C\C/C=C\C/C=C\C/C=C\C/C=C\CCCC(=O)NC(COP(=O)([O-])OCC[N+](C)(C)C)C(/C=C/CCCCCCCCCCC)OC(=O)CCCCCCCCCCCCCCC. The summed E-state index contributed by atoms with van der Waals surface area (Å²) in [5, 5.41) is 2.98. The molecule has 0 bridgehead atoms. The molecule has 3 unspecified atom stereocenters. The summed E-state index contributed by atoms with van der Waals surface area (Å²) >= 11 is 0. The van der Waals surface area contributed by atoms with E-state index in [0.29, 0.717) is 17.4 Å². The number of ether oxygens (including phenoxy) is 1. The van der Waals surface area contributed by atoms with Gasteiger partial charge in [-0.3, -0.25) is 14.2 Å². The molecule has 0 aliphatic heterocycles. The number of likely N-dealkylation sites (N-methyl/N-ethyl adjacent to an activating group) is 1. The molecule has 0 radical (unpaired) electrons. The number of quaternary nitrogens is 1. The number of nitrogens with one attached hydrogen (secondary N) is 1. The number of esters is 1. The highest BCUT2D eigenvalue weighted by atomic mass is 31.2. The van der Waals surface area contributed by atoms with Crippen LogP contribution >= 0.6 is 7.82 Å². The third-order valence-corrected chi connectivity index (χ3v) is 12.6. The van der Waals surface area contributed by atoms with Crippen LogP contribution in [0.3, 0.4) is 0 Å². The molecule has 1 N–H and O–H groups in total. The van der Waals surface area contributed by atoms with E-state index in [0.717, 1.165) is 77.0 Å². The Morgan fingerprint density at radius 1 is 0.537 bits per heavy atom. The van der Waals surface area contributed by atoms with E-state index in [1.165, 1.54) is 109 Å². The highest BCUT2D eigenvalue weighted by molar-refractivity contribution is 7.45. The van der Waals surface area contributed by atoms with Crippen molar-refractivity contribution in [2.75, 3.05) is 40.9 Å². The minimum Gasteiger partial charge on any atom is -0.756 e. The summed E-state index contributed by atoms with van der Waals surface area (Å²) in [6, 6.07) is -0.916. The van der Waals surface area contributed by atoms with Gasteiger partial charge in [0.25, 0.3) is 7.82 Å². The van der Waals surface area contributed by atoms with Crippen molar-refractivity contribution in [1.82, 2.24) is 5.32 Å². The van der Waals surface area contributed by atoms with E-state index in [-0.39, 0.29) is 31.3 Å². The first-order valence-electron chi connectivity index (χ1n) is 27.2. The van der Waals surface area contributed by atoms with Crippen LogP contribution in [0.5, 0.6) is 0 Å². The number of phosphoric ester groups is 1. The smallest absolute Gasteiger partial charge is 0.306 e. The first-order valence-corrected chi connectivity index (χ1v) is 28.7. The van der Waals surface area contributed by atoms with Crippen LogP contribution in [-0.2, 0) is 27.9 Å². The van der Waals surface area contributed by atoms with Gasteiger partial charge in [-0.05, 0) is 70.3 Å². The Morgan fingerprint density at radius 3 is 1.45 bits per heavy atom. The average Bonchev–Trinajstić information content (AvgIpc) is 3.28. The second-order valence-corrected chi connectivity index (χ2v) is 20.8. The molecule has 0 spiro atoms. The summed E-state index contributed by atoms with van der Waals surface area (Å²) in [5.74, 6) is -0.611. The van der Waals surface area contributed by atoms with Gasteiger partial charge < -0.3 is 28.5 Å². The Labute approximate surface area is 413 Å². The first kappa shape index (κ1) is 64.5. The first-order chi connectivity index (χ1) is 32.4. The zero-order valence-electron chi connectivity index (χ0n) is 44.1. The number of unbranched alkanes of at least 4 members (excludes halogenated alkanes) is 22. The number of rotatable bonds is 48. The molecule has 0 fully saturated rings. The Balaban J connectivity index is 5.46. The molecule has 0 aliphatic carbocycles. The van der Waals surface area contributed by atoms with Gasteiger partial charge in [0.1, 0.15) is 19.3 Å². The number of phosphoric acid groups is 1. The molecule has 3 atom stereocenters. The zero-order chi connectivity index (χ0) is 49.4. The van der Waals surface area contributed by atoms with Crippen LogP contribution in [0.25, 0.3) is 0 Å². The summed E-state index contributed by atoms with van der Waals surface area (Å²) in [6.07, 6.45) is 58.7. The molecule has 0 rings (SSSR count). The largest absolute Gasteiger partial charge is 0.756 e. The maximum atomic E-state index is 13.4. The maximum absolute atomic E-state index is 13.4. The van der Waals surface area contributed by atoms with E-state index in [1.807, 2.05) is 33.3 Å². The van der Waals surface area contributed by atoms with E-state index in [2.05, 4.69) is 86.8 Å². The van der Waals surface area contributed by atoms with Gasteiger partial charge in [0.15, 0.2) is 0 Å². The van der Waals surface area contributed by atoms with Gasteiger partial charge in [-0.1, -0.05) is 216 Å². The molecule has 0 saturated heterocycles. The molecular formula is C57H103N2O7P. The fraction of sp³-hybridized carbons (Fsp3) is 0.754. The molecular weight excluding hydrogens is 856 g/mol. The predicted octanol–water partition coefficient (Wildman–Crippen LogP) is 15.5. The summed E-state index contributed by atoms with van der Waals surface area (Å²) in [6.45, 7) is 6.66. The molecule has 67 heavy (non-hydrogen) atoms. The number of carbonyl (C=O) groups is 2. The van der Waals surface area contributed by atoms with Crippen LogP contribution in [-0.4, -0.2) is 69.4 Å². The standard InChI is InChI=1S/C57H103N2O7P/c1-7-10-13-16-19-22-25-27-28-29-30-32-34-37-40-43-46-49-56(60)58-54(53-65-67(62,63)64-52-51-59(4,5)6)55(48-45-42-39-36-33-24-21-18-15-12-9-3)66-57(61)50-47-44-41-38-35-31-26-23-20-17-14-11-8-2/h10,13,19,22,27-28,30,32,37,40,45,48,54-55H,7-9,11-12,14-18,20-21,23-26,29,31,33-36,38-39,41-44,46-47,49-53H2,1-6H3,(H-,58,60,62,63)/b13-10-,22-19-,28-27-,32-30-,40-37-,48-45+. The summed E-state index contributed by atoms with van der Waals surface area (Å²) in [5.41, 5.74) is 0. The Kier molecular flexibility index (Phi) is 45.3. The van der Waals surface area contributed by atoms with Crippen molar-refractivity contribution in [2.45, 2.75) is 238 Å². The molecule has 10 heteroatoms. The lowest BCUT2D eigenvalue weighted by molar-refractivity contribution is -0.870. The maximum Gasteiger partial charge on any atom is 0.306 e. The van der Waals surface area contributed by atoms with Crippen LogP contribution in [0.1, 0.15) is 226 Å². The highest BCUT2D eigenvalue weighted by Crippen LogP contribution is 2.38. The molecule has 0 aromatic heterocycles. The van der Waals surface area contributed by atoms with Crippen molar-refractivity contribution in [2.24, 2.45) is 0 Å². The molecule has 9 nitrogen and oxygen atoms in total. The lowest BCUT2D eigenvalue weighted by Gasteiger charge is -2.30. The molecule has 0 aromatic rings. The fourth-order valence-electron chi connectivity index (χ4n) is 7.44.